The van der Waals surface area contributed by atoms with Gasteiger partial charge in [0.05, 0.1) is 40.6 Å². The lowest BCUT2D eigenvalue weighted by Crippen LogP contribution is -2.22. The number of hydrogen-bond donors (Lipinski definition) is 0. The minimum atomic E-state index is -0.500. The van der Waals surface area contributed by atoms with E-state index in [9.17, 15) is 9.59 Å². The predicted octanol–water partition coefficient (Wildman–Crippen LogP) is 3.18. The molecule has 1 atom stereocenters. The van der Waals surface area contributed by atoms with Crippen LogP contribution in [-0.2, 0) is 4.74 Å². The van der Waals surface area contributed by atoms with Crippen LogP contribution in [0, 0.1) is 11.3 Å². The lowest BCUT2D eigenvalue weighted by molar-refractivity contribution is 0.0601. The monoisotopic (exact) mass is 365 g/mol. The van der Waals surface area contributed by atoms with Gasteiger partial charge in [0.2, 0.25) is 0 Å². The van der Waals surface area contributed by atoms with E-state index in [0.717, 1.165) is 0 Å². The van der Waals surface area contributed by atoms with E-state index in [1.54, 1.807) is 25.1 Å². The summed E-state index contributed by atoms with van der Waals surface area (Å²) in [5.41, 5.74) is 1.10. The first-order valence-corrected chi connectivity index (χ1v) is 8.70. The quantitative estimate of drug-likeness (QED) is 0.401. The summed E-state index contributed by atoms with van der Waals surface area (Å²) in [6.45, 7) is 1.74. The first-order valence-electron chi connectivity index (χ1n) is 7.82. The van der Waals surface area contributed by atoms with E-state index < -0.39 is 11.2 Å². The number of ether oxygens (including phenoxy) is 1. The highest BCUT2D eigenvalue weighted by atomic mass is 32.2. The zero-order chi connectivity index (χ0) is 18.7. The van der Waals surface area contributed by atoms with Crippen LogP contribution in [0.15, 0.2) is 58.5 Å². The van der Waals surface area contributed by atoms with Crippen molar-refractivity contribution in [1.29, 1.82) is 5.26 Å². The molecule has 0 aliphatic rings. The maximum absolute atomic E-state index is 13.1. The van der Waals surface area contributed by atoms with Crippen molar-refractivity contribution >= 4 is 28.6 Å². The van der Waals surface area contributed by atoms with Crippen LogP contribution in [0.25, 0.3) is 16.6 Å². The molecule has 0 fully saturated rings. The molecular formula is C19H15N3O3S. The molecule has 1 heterocycles. The molecule has 0 bridgehead atoms. The third-order valence-electron chi connectivity index (χ3n) is 3.74. The second kappa shape index (κ2) is 7.42. The number of hydrogen-bond acceptors (Lipinski definition) is 6. The molecule has 0 radical (unpaired) electrons. The molecule has 6 nitrogen and oxygen atoms in total. The lowest BCUT2D eigenvalue weighted by atomic mass is 10.1. The molecule has 0 saturated carbocycles. The van der Waals surface area contributed by atoms with Crippen LogP contribution < -0.4 is 5.56 Å². The summed E-state index contributed by atoms with van der Waals surface area (Å²) < 4.78 is 6.21. The minimum Gasteiger partial charge on any atom is -0.465 e. The Hall–Kier alpha value is -3.11. The number of rotatable bonds is 4. The van der Waals surface area contributed by atoms with Crippen LogP contribution in [-0.4, -0.2) is 27.9 Å². The van der Waals surface area contributed by atoms with Gasteiger partial charge in [-0.2, -0.15) is 5.26 Å². The third-order valence-corrected chi connectivity index (χ3v) is 4.68. The van der Waals surface area contributed by atoms with Crippen molar-refractivity contribution in [1.82, 2.24) is 9.55 Å². The molecule has 0 unspecified atom stereocenters. The van der Waals surface area contributed by atoms with Crippen LogP contribution in [0.1, 0.15) is 17.3 Å². The average molecular weight is 365 g/mol. The summed E-state index contributed by atoms with van der Waals surface area (Å²) in [4.78, 5) is 29.4. The molecule has 0 saturated heterocycles. The van der Waals surface area contributed by atoms with E-state index in [2.05, 4.69) is 11.1 Å². The Labute approximate surface area is 154 Å². The van der Waals surface area contributed by atoms with Gasteiger partial charge in [-0.3, -0.25) is 9.36 Å². The van der Waals surface area contributed by atoms with Crippen LogP contribution in [0.2, 0.25) is 0 Å². The average Bonchev–Trinajstić information content (AvgIpc) is 2.67. The Morgan fingerprint density at radius 3 is 2.65 bits per heavy atom. The molecule has 3 aromatic rings. The van der Waals surface area contributed by atoms with Gasteiger partial charge in [0.25, 0.3) is 5.56 Å². The predicted molar refractivity (Wildman–Crippen MR) is 99.6 cm³/mol. The second-order valence-electron chi connectivity index (χ2n) is 5.48. The number of methoxy groups -OCH3 is 1. The molecule has 0 aliphatic heterocycles. The molecule has 0 spiro atoms. The molecule has 7 heteroatoms. The summed E-state index contributed by atoms with van der Waals surface area (Å²) in [7, 11) is 1.29. The van der Waals surface area contributed by atoms with Gasteiger partial charge in [0, 0.05) is 0 Å². The van der Waals surface area contributed by atoms with Crippen LogP contribution in [0.3, 0.4) is 0 Å². The van der Waals surface area contributed by atoms with Crippen molar-refractivity contribution in [2.45, 2.75) is 17.3 Å². The number of carbonyl (C=O) groups is 1. The van der Waals surface area contributed by atoms with E-state index in [1.165, 1.54) is 35.6 Å². The Bertz CT molecular complexity index is 1070. The zero-order valence-corrected chi connectivity index (χ0v) is 15.0. The smallest absolute Gasteiger partial charge is 0.337 e. The van der Waals surface area contributed by atoms with Crippen molar-refractivity contribution in [3.8, 4) is 11.8 Å². The Morgan fingerprint density at radius 2 is 2.00 bits per heavy atom. The van der Waals surface area contributed by atoms with Crippen molar-refractivity contribution < 1.29 is 9.53 Å². The minimum absolute atomic E-state index is 0.259. The largest absolute Gasteiger partial charge is 0.465 e. The molecule has 0 aliphatic carbocycles. The van der Waals surface area contributed by atoms with Gasteiger partial charge in [0.15, 0.2) is 5.16 Å². The number of aromatic nitrogens is 2. The van der Waals surface area contributed by atoms with Crippen LogP contribution >= 0.6 is 11.8 Å². The fourth-order valence-corrected chi connectivity index (χ4v) is 3.29. The highest BCUT2D eigenvalue weighted by molar-refractivity contribution is 8.00. The van der Waals surface area contributed by atoms with Gasteiger partial charge in [0.1, 0.15) is 0 Å². The van der Waals surface area contributed by atoms with E-state index in [0.29, 0.717) is 27.3 Å². The van der Waals surface area contributed by atoms with E-state index in [4.69, 9.17) is 10.00 Å². The van der Waals surface area contributed by atoms with Crippen molar-refractivity contribution in [3.05, 3.63) is 64.4 Å². The van der Waals surface area contributed by atoms with Gasteiger partial charge >= 0.3 is 5.97 Å². The molecule has 0 N–H and O–H groups in total. The van der Waals surface area contributed by atoms with Crippen LogP contribution in [0.4, 0.5) is 0 Å². The summed E-state index contributed by atoms with van der Waals surface area (Å²) in [5, 5.41) is 9.53. The van der Waals surface area contributed by atoms with E-state index >= 15 is 0 Å². The normalized spacial score (nSPS) is 11.7. The summed E-state index contributed by atoms with van der Waals surface area (Å²) in [6.07, 6.45) is 0. The number of thioether (sulfide) groups is 1. The topological polar surface area (TPSA) is 85.0 Å². The third kappa shape index (κ3) is 3.32. The summed E-state index contributed by atoms with van der Waals surface area (Å²) in [5.74, 6) is -0.500. The van der Waals surface area contributed by atoms with Crippen molar-refractivity contribution in [3.63, 3.8) is 0 Å². The van der Waals surface area contributed by atoms with Gasteiger partial charge in [-0.05, 0) is 37.3 Å². The number of esters is 1. The summed E-state index contributed by atoms with van der Waals surface area (Å²) >= 11 is 1.19. The standard InChI is InChI=1S/C19H15N3O3S/c1-12(11-20)26-19-21-16-10-13(18(24)25-2)8-9-15(16)17(23)22(19)14-6-4-3-5-7-14/h3-10,12H,1-2H3/t12-/m1/s1. The molecule has 26 heavy (non-hydrogen) atoms. The molecular weight excluding hydrogens is 350 g/mol. The first-order chi connectivity index (χ1) is 12.5. The molecule has 0 amide bonds. The molecule has 3 rings (SSSR count). The maximum atomic E-state index is 13.1. The van der Waals surface area contributed by atoms with Crippen molar-refractivity contribution in [2.24, 2.45) is 0 Å². The zero-order valence-electron chi connectivity index (χ0n) is 14.2. The van der Waals surface area contributed by atoms with Gasteiger partial charge in [-0.1, -0.05) is 30.0 Å². The Kier molecular flexibility index (Phi) is 5.05. The Balaban J connectivity index is 2.29. The first kappa shape index (κ1) is 17.7. The number of fused-ring (bicyclic) bond motifs is 1. The fourth-order valence-electron chi connectivity index (χ4n) is 2.48. The second-order valence-corrected chi connectivity index (χ2v) is 6.79. The van der Waals surface area contributed by atoms with Crippen LogP contribution in [0.5, 0.6) is 0 Å². The number of nitriles is 1. The molecule has 130 valence electrons. The molecule has 2 aromatic carbocycles. The Morgan fingerprint density at radius 1 is 1.27 bits per heavy atom. The van der Waals surface area contributed by atoms with E-state index in [-0.39, 0.29) is 5.56 Å². The number of nitrogens with zero attached hydrogens (tertiary/aromatic N) is 3. The van der Waals surface area contributed by atoms with Gasteiger partial charge in [-0.15, -0.1) is 0 Å². The number of carbonyl (C=O) groups excluding carboxylic acids is 1. The van der Waals surface area contributed by atoms with Crippen molar-refractivity contribution in [2.75, 3.05) is 7.11 Å². The van der Waals surface area contributed by atoms with Gasteiger partial charge in [-0.25, -0.2) is 9.78 Å². The maximum Gasteiger partial charge on any atom is 0.337 e. The fraction of sp³-hybridized carbons (Fsp3) is 0.158. The highest BCUT2D eigenvalue weighted by Gasteiger charge is 2.17. The highest BCUT2D eigenvalue weighted by Crippen LogP contribution is 2.25. The SMILES string of the molecule is COC(=O)c1ccc2c(=O)n(-c3ccccc3)c(S[C@H](C)C#N)nc2c1. The number of benzene rings is 2. The van der Waals surface area contributed by atoms with Gasteiger partial charge < -0.3 is 4.74 Å². The lowest BCUT2D eigenvalue weighted by Gasteiger charge is -2.14. The summed E-state index contributed by atoms with van der Waals surface area (Å²) in [6, 6.07) is 15.9. The van der Waals surface area contributed by atoms with E-state index in [1.807, 2.05) is 18.2 Å². The molecule has 1 aromatic heterocycles. The number of para-hydroxylation sites is 1.